The van der Waals surface area contributed by atoms with Crippen molar-refractivity contribution in [1.29, 1.82) is 0 Å². The van der Waals surface area contributed by atoms with Crippen molar-refractivity contribution in [3.63, 3.8) is 0 Å². The monoisotopic (exact) mass is 293 g/mol. The van der Waals surface area contributed by atoms with Gasteiger partial charge in [0.1, 0.15) is 0 Å². The van der Waals surface area contributed by atoms with E-state index in [9.17, 15) is 9.59 Å². The topological polar surface area (TPSA) is 81.7 Å². The van der Waals surface area contributed by atoms with Gasteiger partial charge in [0, 0.05) is 20.6 Å². The molecule has 0 saturated carbocycles. The van der Waals surface area contributed by atoms with Crippen molar-refractivity contribution in [2.45, 2.75) is 13.8 Å². The third-order valence-corrected chi connectivity index (χ3v) is 3.24. The molecule has 1 aromatic rings. The number of benzene rings is 1. The molecule has 0 radical (unpaired) electrons. The first kappa shape index (κ1) is 16.8. The summed E-state index contributed by atoms with van der Waals surface area (Å²) >= 11 is 0. The Balaban J connectivity index is 2.64. The van der Waals surface area contributed by atoms with Gasteiger partial charge in [0.05, 0.1) is 17.3 Å². The van der Waals surface area contributed by atoms with E-state index in [1.807, 2.05) is 51.0 Å². The van der Waals surface area contributed by atoms with E-state index in [-0.39, 0.29) is 12.5 Å². The van der Waals surface area contributed by atoms with Crippen molar-refractivity contribution in [2.24, 2.45) is 11.8 Å². The van der Waals surface area contributed by atoms with Crippen LogP contribution in [0.4, 0.5) is 16.2 Å². The molecule has 1 rings (SSSR count). The summed E-state index contributed by atoms with van der Waals surface area (Å²) in [6.07, 6.45) is 0. The zero-order valence-electron chi connectivity index (χ0n) is 12.9. The molecule has 0 fully saturated rings. The van der Waals surface area contributed by atoms with E-state index in [2.05, 4.69) is 10.6 Å². The second kappa shape index (κ2) is 7.52. The molecule has 0 heterocycles. The molecule has 21 heavy (non-hydrogen) atoms. The summed E-state index contributed by atoms with van der Waals surface area (Å²) in [4.78, 5) is 24.9. The Morgan fingerprint density at radius 3 is 2.38 bits per heavy atom. The lowest BCUT2D eigenvalue weighted by Crippen LogP contribution is -2.38. The molecule has 0 aliphatic heterocycles. The highest BCUT2D eigenvalue weighted by atomic mass is 16.4. The molecule has 0 aliphatic rings. The first-order valence-corrected chi connectivity index (χ1v) is 6.87. The van der Waals surface area contributed by atoms with E-state index < -0.39 is 17.9 Å². The van der Waals surface area contributed by atoms with Gasteiger partial charge in [-0.15, -0.1) is 0 Å². The Kier molecular flexibility index (Phi) is 6.02. The Labute approximate surface area is 125 Å². The lowest BCUT2D eigenvalue weighted by Gasteiger charge is -2.19. The number of aliphatic carboxylic acids is 1. The average molecular weight is 293 g/mol. The lowest BCUT2D eigenvalue weighted by molar-refractivity contribution is -0.142. The molecule has 3 N–H and O–H groups in total. The lowest BCUT2D eigenvalue weighted by atomic mass is 9.96. The Bertz CT molecular complexity index is 501. The molecule has 0 aliphatic carbocycles. The molecular formula is C15H23N3O3. The first-order valence-electron chi connectivity index (χ1n) is 6.87. The molecule has 0 spiro atoms. The van der Waals surface area contributed by atoms with Gasteiger partial charge in [0.25, 0.3) is 0 Å². The van der Waals surface area contributed by atoms with Gasteiger partial charge in [-0.25, -0.2) is 4.79 Å². The van der Waals surface area contributed by atoms with Crippen molar-refractivity contribution in [3.05, 3.63) is 24.3 Å². The van der Waals surface area contributed by atoms with Gasteiger partial charge in [0.15, 0.2) is 0 Å². The molecule has 0 aromatic heterocycles. The van der Waals surface area contributed by atoms with Crippen molar-refractivity contribution < 1.29 is 14.7 Å². The third kappa shape index (κ3) is 4.98. The van der Waals surface area contributed by atoms with Crippen LogP contribution in [0.3, 0.4) is 0 Å². The first-order chi connectivity index (χ1) is 9.82. The van der Waals surface area contributed by atoms with Crippen LogP contribution in [0.2, 0.25) is 0 Å². The largest absolute Gasteiger partial charge is 0.481 e. The molecule has 6 heteroatoms. The van der Waals surface area contributed by atoms with Crippen molar-refractivity contribution >= 4 is 23.4 Å². The highest BCUT2D eigenvalue weighted by Crippen LogP contribution is 2.23. The number of hydrogen-bond donors (Lipinski definition) is 3. The van der Waals surface area contributed by atoms with Gasteiger partial charge in [-0.1, -0.05) is 26.0 Å². The van der Waals surface area contributed by atoms with Crippen LogP contribution < -0.4 is 15.5 Å². The van der Waals surface area contributed by atoms with Crippen molar-refractivity contribution in [2.75, 3.05) is 30.9 Å². The minimum Gasteiger partial charge on any atom is -0.481 e. The number of para-hydroxylation sites is 2. The summed E-state index contributed by atoms with van der Waals surface area (Å²) in [5.74, 6) is -1.55. The summed E-state index contributed by atoms with van der Waals surface area (Å²) in [7, 11) is 3.77. The third-order valence-electron chi connectivity index (χ3n) is 3.24. The predicted octanol–water partition coefficient (Wildman–Crippen LogP) is 2.23. The van der Waals surface area contributed by atoms with E-state index in [1.54, 1.807) is 6.07 Å². The van der Waals surface area contributed by atoms with Gasteiger partial charge < -0.3 is 20.6 Å². The number of urea groups is 1. The molecule has 0 saturated heterocycles. The summed E-state index contributed by atoms with van der Waals surface area (Å²) < 4.78 is 0. The number of hydrogen-bond acceptors (Lipinski definition) is 3. The van der Waals surface area contributed by atoms with Gasteiger partial charge in [0.2, 0.25) is 0 Å². The maximum atomic E-state index is 11.9. The molecule has 0 bridgehead atoms. The Hall–Kier alpha value is -2.24. The smallest absolute Gasteiger partial charge is 0.319 e. The maximum absolute atomic E-state index is 11.9. The summed E-state index contributed by atoms with van der Waals surface area (Å²) in [5.41, 5.74) is 1.56. The van der Waals surface area contributed by atoms with Crippen LogP contribution in [0.25, 0.3) is 0 Å². The van der Waals surface area contributed by atoms with Gasteiger partial charge >= 0.3 is 12.0 Å². The van der Waals surface area contributed by atoms with Crippen LogP contribution in [0.1, 0.15) is 13.8 Å². The standard InChI is InChI=1S/C15H23N3O3/c1-10(2)11(14(19)20)9-16-15(21)17-12-7-5-6-8-13(12)18(3)4/h5-8,10-11H,9H2,1-4H3,(H,19,20)(H2,16,17,21). The molecular weight excluding hydrogens is 270 g/mol. The van der Waals surface area contributed by atoms with Gasteiger partial charge in [-0.3, -0.25) is 4.79 Å². The predicted molar refractivity (Wildman–Crippen MR) is 83.8 cm³/mol. The van der Waals surface area contributed by atoms with E-state index in [0.717, 1.165) is 5.69 Å². The zero-order chi connectivity index (χ0) is 16.0. The van der Waals surface area contributed by atoms with Crippen LogP contribution in [0.15, 0.2) is 24.3 Å². The van der Waals surface area contributed by atoms with E-state index in [4.69, 9.17) is 5.11 Å². The van der Waals surface area contributed by atoms with Crippen LogP contribution in [0, 0.1) is 11.8 Å². The average Bonchev–Trinajstić information content (AvgIpc) is 2.38. The normalized spacial score (nSPS) is 11.9. The van der Waals surface area contributed by atoms with Crippen LogP contribution in [-0.4, -0.2) is 37.7 Å². The van der Waals surface area contributed by atoms with E-state index in [1.165, 1.54) is 0 Å². The maximum Gasteiger partial charge on any atom is 0.319 e. The number of amides is 2. The second-order valence-electron chi connectivity index (χ2n) is 5.44. The highest BCUT2D eigenvalue weighted by molar-refractivity contribution is 5.93. The number of nitrogens with zero attached hydrogens (tertiary/aromatic N) is 1. The fourth-order valence-corrected chi connectivity index (χ4v) is 1.95. The van der Waals surface area contributed by atoms with Crippen molar-refractivity contribution in [1.82, 2.24) is 5.32 Å². The zero-order valence-corrected chi connectivity index (χ0v) is 12.9. The molecule has 6 nitrogen and oxygen atoms in total. The number of carboxylic acid groups (broad SMARTS) is 1. The fraction of sp³-hybridized carbons (Fsp3) is 0.467. The van der Waals surface area contributed by atoms with Gasteiger partial charge in [-0.05, 0) is 18.1 Å². The quantitative estimate of drug-likeness (QED) is 0.751. The fourth-order valence-electron chi connectivity index (χ4n) is 1.95. The number of anilines is 2. The number of carbonyl (C=O) groups excluding carboxylic acids is 1. The summed E-state index contributed by atoms with van der Waals surface area (Å²) in [6, 6.07) is 7.00. The minimum absolute atomic E-state index is 0.0446. The number of rotatable bonds is 6. The highest BCUT2D eigenvalue weighted by Gasteiger charge is 2.22. The number of carbonyl (C=O) groups is 2. The van der Waals surface area contributed by atoms with E-state index in [0.29, 0.717) is 5.69 Å². The SMILES string of the molecule is CC(C)C(CNC(=O)Nc1ccccc1N(C)C)C(=O)O. The van der Waals surface area contributed by atoms with Gasteiger partial charge in [-0.2, -0.15) is 0 Å². The van der Waals surface area contributed by atoms with E-state index >= 15 is 0 Å². The summed E-state index contributed by atoms with van der Waals surface area (Å²) in [6.45, 7) is 3.74. The molecule has 1 aromatic carbocycles. The second-order valence-corrected chi connectivity index (χ2v) is 5.44. The Morgan fingerprint density at radius 1 is 1.24 bits per heavy atom. The van der Waals surface area contributed by atoms with Crippen LogP contribution in [0.5, 0.6) is 0 Å². The van der Waals surface area contributed by atoms with Crippen LogP contribution >= 0.6 is 0 Å². The molecule has 1 atom stereocenters. The number of nitrogens with one attached hydrogen (secondary N) is 2. The molecule has 116 valence electrons. The van der Waals surface area contributed by atoms with Crippen LogP contribution in [-0.2, 0) is 4.79 Å². The minimum atomic E-state index is -0.904. The molecule has 1 unspecified atom stereocenters. The number of carboxylic acids is 1. The van der Waals surface area contributed by atoms with Crippen molar-refractivity contribution in [3.8, 4) is 0 Å². The molecule has 2 amide bonds. The summed E-state index contributed by atoms with van der Waals surface area (Å²) in [5, 5.41) is 14.4. The Morgan fingerprint density at radius 2 is 1.86 bits per heavy atom.